The van der Waals surface area contributed by atoms with E-state index in [-0.39, 0.29) is 12.2 Å². The molecule has 0 bridgehead atoms. The molecular weight excluding hydrogens is 352 g/mol. The summed E-state index contributed by atoms with van der Waals surface area (Å²) < 4.78 is 10.7. The molecule has 0 atom stereocenters. The number of carbonyl (C=O) groups is 1. The Labute approximate surface area is 153 Å². The Hall–Kier alpha value is -3.11. The Kier molecular flexibility index (Phi) is 4.19. The first-order valence-corrected chi connectivity index (χ1v) is 8.37. The van der Waals surface area contributed by atoms with Crippen molar-refractivity contribution in [1.29, 1.82) is 0 Å². The average Bonchev–Trinajstić information content (AvgIpc) is 2.65. The van der Waals surface area contributed by atoms with Gasteiger partial charge in [-0.15, -0.1) is 0 Å². The average molecular weight is 365 g/mol. The second-order valence-corrected chi connectivity index (χ2v) is 6.21. The smallest absolute Gasteiger partial charge is 0.339 e. The summed E-state index contributed by atoms with van der Waals surface area (Å²) in [5.41, 5.74) is 0.844. The number of carbonyl (C=O) groups excluding carboxylic acids is 1. The molecule has 0 radical (unpaired) electrons. The van der Waals surface area contributed by atoms with E-state index in [0.29, 0.717) is 16.2 Å². The van der Waals surface area contributed by atoms with Crippen LogP contribution in [0.3, 0.4) is 0 Å². The fourth-order valence-electron chi connectivity index (χ4n) is 2.98. The Morgan fingerprint density at radius 3 is 2.62 bits per heavy atom. The van der Waals surface area contributed by atoms with E-state index in [1.165, 1.54) is 6.07 Å². The zero-order chi connectivity index (χ0) is 18.1. The number of halogens is 1. The van der Waals surface area contributed by atoms with Gasteiger partial charge in [0.2, 0.25) is 0 Å². The van der Waals surface area contributed by atoms with E-state index in [0.717, 1.165) is 16.2 Å². The molecule has 0 aliphatic rings. The molecule has 0 saturated carbocycles. The van der Waals surface area contributed by atoms with Crippen molar-refractivity contribution in [2.24, 2.45) is 0 Å². The molecule has 1 heterocycles. The number of benzene rings is 3. The first-order valence-electron chi connectivity index (χ1n) is 7.99. The number of esters is 1. The maximum Gasteiger partial charge on any atom is 0.339 e. The molecule has 26 heavy (non-hydrogen) atoms. The minimum atomic E-state index is -0.544. The van der Waals surface area contributed by atoms with Crippen LogP contribution in [0.4, 0.5) is 0 Å². The monoisotopic (exact) mass is 364 g/mol. The molecule has 1 aromatic heterocycles. The zero-order valence-corrected chi connectivity index (χ0v) is 14.3. The fraction of sp³-hybridized carbons (Fsp3) is 0.0476. The van der Waals surface area contributed by atoms with Crippen LogP contribution in [0.25, 0.3) is 21.7 Å². The van der Waals surface area contributed by atoms with Gasteiger partial charge >= 0.3 is 11.6 Å². The molecule has 128 valence electrons. The van der Waals surface area contributed by atoms with Crippen LogP contribution in [-0.2, 0) is 11.3 Å². The molecule has 5 heteroatoms. The molecule has 3 aromatic carbocycles. The third-order valence-electron chi connectivity index (χ3n) is 4.17. The van der Waals surface area contributed by atoms with Crippen molar-refractivity contribution < 1.29 is 13.9 Å². The third kappa shape index (κ3) is 2.95. The van der Waals surface area contributed by atoms with Gasteiger partial charge in [-0.1, -0.05) is 54.1 Å². The van der Waals surface area contributed by atoms with Crippen LogP contribution < -0.4 is 5.63 Å². The van der Waals surface area contributed by atoms with Crippen molar-refractivity contribution in [2.75, 3.05) is 0 Å². The largest absolute Gasteiger partial charge is 0.457 e. The van der Waals surface area contributed by atoms with Crippen LogP contribution in [-0.4, -0.2) is 5.97 Å². The van der Waals surface area contributed by atoms with Gasteiger partial charge in [0.15, 0.2) is 0 Å². The number of ether oxygens (including phenoxy) is 1. The van der Waals surface area contributed by atoms with Gasteiger partial charge in [-0.05, 0) is 29.0 Å². The highest BCUT2D eigenvalue weighted by Gasteiger charge is 2.14. The minimum Gasteiger partial charge on any atom is -0.457 e. The van der Waals surface area contributed by atoms with Gasteiger partial charge in [0.1, 0.15) is 12.2 Å². The van der Waals surface area contributed by atoms with Crippen LogP contribution in [0.5, 0.6) is 0 Å². The van der Waals surface area contributed by atoms with E-state index in [4.69, 9.17) is 20.8 Å². The van der Waals surface area contributed by atoms with Crippen LogP contribution in [0, 0.1) is 0 Å². The van der Waals surface area contributed by atoms with Gasteiger partial charge in [0, 0.05) is 17.0 Å². The SMILES string of the molecule is O=C(OCc1cc(=O)oc2ccc3ccccc3c12)c1ccccc1Cl. The van der Waals surface area contributed by atoms with Gasteiger partial charge < -0.3 is 9.15 Å². The van der Waals surface area contributed by atoms with Crippen LogP contribution in [0.1, 0.15) is 15.9 Å². The lowest BCUT2D eigenvalue weighted by molar-refractivity contribution is 0.0474. The summed E-state index contributed by atoms with van der Waals surface area (Å²) >= 11 is 6.03. The zero-order valence-electron chi connectivity index (χ0n) is 13.6. The van der Waals surface area contributed by atoms with Gasteiger partial charge in [-0.3, -0.25) is 0 Å². The Morgan fingerprint density at radius 2 is 1.77 bits per heavy atom. The second-order valence-electron chi connectivity index (χ2n) is 5.81. The molecule has 0 fully saturated rings. The summed E-state index contributed by atoms with van der Waals surface area (Å²) in [5.74, 6) is -0.544. The molecule has 0 spiro atoms. The number of hydrogen-bond acceptors (Lipinski definition) is 4. The number of hydrogen-bond donors (Lipinski definition) is 0. The molecule has 4 aromatic rings. The lowest BCUT2D eigenvalue weighted by Gasteiger charge is -2.10. The first-order chi connectivity index (χ1) is 12.6. The highest BCUT2D eigenvalue weighted by atomic mass is 35.5. The standard InChI is InChI=1S/C21H13ClO4/c22-17-8-4-3-7-16(17)21(24)25-12-14-11-19(23)26-18-10-9-13-5-1-2-6-15(13)20(14)18/h1-11H,12H2. The van der Waals surface area contributed by atoms with Crippen LogP contribution in [0.15, 0.2) is 75.9 Å². The molecule has 0 unspecified atom stereocenters. The topological polar surface area (TPSA) is 56.5 Å². The fourth-order valence-corrected chi connectivity index (χ4v) is 3.19. The van der Waals surface area contributed by atoms with Gasteiger partial charge in [-0.2, -0.15) is 0 Å². The molecular formula is C21H13ClO4. The van der Waals surface area contributed by atoms with Crippen molar-refractivity contribution in [3.05, 3.63) is 93.3 Å². The van der Waals surface area contributed by atoms with E-state index in [1.54, 1.807) is 30.3 Å². The summed E-state index contributed by atoms with van der Waals surface area (Å²) in [4.78, 5) is 24.2. The maximum atomic E-state index is 12.3. The maximum absolute atomic E-state index is 12.3. The quantitative estimate of drug-likeness (QED) is 0.293. The van der Waals surface area contributed by atoms with Gasteiger partial charge in [0.25, 0.3) is 0 Å². The Bertz CT molecular complexity index is 1190. The van der Waals surface area contributed by atoms with Crippen LogP contribution >= 0.6 is 11.6 Å². The van der Waals surface area contributed by atoms with E-state index in [9.17, 15) is 9.59 Å². The Morgan fingerprint density at radius 1 is 1.00 bits per heavy atom. The Balaban J connectivity index is 1.76. The van der Waals surface area contributed by atoms with Crippen LogP contribution in [0.2, 0.25) is 5.02 Å². The number of fused-ring (bicyclic) bond motifs is 3. The highest BCUT2D eigenvalue weighted by molar-refractivity contribution is 6.33. The van der Waals surface area contributed by atoms with Crippen molar-refractivity contribution in [3.8, 4) is 0 Å². The summed E-state index contributed by atoms with van der Waals surface area (Å²) in [6.07, 6.45) is 0. The van der Waals surface area contributed by atoms with E-state index in [2.05, 4.69) is 0 Å². The second kappa shape index (κ2) is 6.65. The summed E-state index contributed by atoms with van der Waals surface area (Å²) in [6.45, 7) is -0.0554. The molecule has 0 aliphatic carbocycles. The predicted molar refractivity (Wildman–Crippen MR) is 101 cm³/mol. The molecule has 4 rings (SSSR count). The van der Waals surface area contributed by atoms with Gasteiger partial charge in [0.05, 0.1) is 10.6 Å². The molecule has 0 amide bonds. The summed E-state index contributed by atoms with van der Waals surface area (Å²) in [6, 6.07) is 19.4. The summed E-state index contributed by atoms with van der Waals surface area (Å²) in [5, 5.41) is 3.01. The lowest BCUT2D eigenvalue weighted by Crippen LogP contribution is -2.08. The molecule has 4 nitrogen and oxygen atoms in total. The van der Waals surface area contributed by atoms with Gasteiger partial charge in [-0.25, -0.2) is 9.59 Å². The first kappa shape index (κ1) is 16.4. The molecule has 0 saturated heterocycles. The van der Waals surface area contributed by atoms with E-state index in [1.807, 2.05) is 30.3 Å². The summed E-state index contributed by atoms with van der Waals surface area (Å²) in [7, 11) is 0. The molecule has 0 N–H and O–H groups in total. The molecule has 0 aliphatic heterocycles. The number of rotatable bonds is 3. The third-order valence-corrected chi connectivity index (χ3v) is 4.50. The van der Waals surface area contributed by atoms with E-state index >= 15 is 0 Å². The predicted octanol–water partition coefficient (Wildman–Crippen LogP) is 4.96. The van der Waals surface area contributed by atoms with E-state index < -0.39 is 11.6 Å². The lowest BCUT2D eigenvalue weighted by atomic mass is 10.0. The van der Waals surface area contributed by atoms with Crippen molar-refractivity contribution in [3.63, 3.8) is 0 Å². The van der Waals surface area contributed by atoms with Crippen molar-refractivity contribution >= 4 is 39.3 Å². The van der Waals surface area contributed by atoms with Crippen molar-refractivity contribution in [2.45, 2.75) is 6.61 Å². The van der Waals surface area contributed by atoms with Crippen molar-refractivity contribution in [1.82, 2.24) is 0 Å². The normalized spacial score (nSPS) is 11.0. The highest BCUT2D eigenvalue weighted by Crippen LogP contribution is 2.28. The minimum absolute atomic E-state index is 0.0554.